The molecule has 0 fully saturated rings. The number of carbonyl (C=O) groups excluding carboxylic acids is 1. The quantitative estimate of drug-likeness (QED) is 0.315. The zero-order chi connectivity index (χ0) is 23.0. The molecule has 0 saturated carbocycles. The number of halogens is 1. The van der Waals surface area contributed by atoms with Gasteiger partial charge in [-0.05, 0) is 74.4 Å². The summed E-state index contributed by atoms with van der Waals surface area (Å²) in [5.41, 5.74) is 5.66. The van der Waals surface area contributed by atoms with Crippen molar-refractivity contribution >= 4 is 28.1 Å². The third kappa shape index (κ3) is 7.24. The van der Waals surface area contributed by atoms with Crippen molar-refractivity contribution in [2.75, 3.05) is 6.61 Å². The van der Waals surface area contributed by atoms with E-state index in [2.05, 4.69) is 47.2 Å². The highest BCUT2D eigenvalue weighted by molar-refractivity contribution is 9.10. The third-order valence-corrected chi connectivity index (χ3v) is 5.31. The van der Waals surface area contributed by atoms with Crippen molar-refractivity contribution in [2.45, 2.75) is 32.8 Å². The van der Waals surface area contributed by atoms with Gasteiger partial charge in [0.1, 0.15) is 18.1 Å². The van der Waals surface area contributed by atoms with Gasteiger partial charge >= 0.3 is 0 Å². The molecule has 0 bridgehead atoms. The van der Waals surface area contributed by atoms with E-state index < -0.39 is 0 Å². The van der Waals surface area contributed by atoms with Crippen LogP contribution in [-0.2, 0) is 16.8 Å². The Balaban J connectivity index is 1.44. The molecule has 0 saturated heterocycles. The zero-order valence-electron chi connectivity index (χ0n) is 18.5. The second-order valence-corrected chi connectivity index (χ2v) is 9.17. The van der Waals surface area contributed by atoms with Gasteiger partial charge in [-0.3, -0.25) is 4.79 Å². The summed E-state index contributed by atoms with van der Waals surface area (Å²) in [6, 6.07) is 23.4. The fraction of sp³-hybridized carbons (Fsp3) is 0.231. The number of benzene rings is 3. The number of carbonyl (C=O) groups is 1. The molecule has 5 nitrogen and oxygen atoms in total. The Kier molecular flexibility index (Phi) is 8.06. The van der Waals surface area contributed by atoms with Gasteiger partial charge in [0.2, 0.25) is 0 Å². The lowest BCUT2D eigenvalue weighted by atomic mass is 9.87. The average Bonchev–Trinajstić information content (AvgIpc) is 2.78. The van der Waals surface area contributed by atoms with Crippen LogP contribution in [0.1, 0.15) is 37.5 Å². The molecule has 0 radical (unpaired) electrons. The molecule has 0 atom stereocenters. The minimum atomic E-state index is -0.337. The topological polar surface area (TPSA) is 59.9 Å². The molecule has 166 valence electrons. The van der Waals surface area contributed by atoms with Crippen LogP contribution in [0, 0.1) is 0 Å². The van der Waals surface area contributed by atoms with Gasteiger partial charge in [-0.25, -0.2) is 5.43 Å². The number of rotatable bonds is 8. The van der Waals surface area contributed by atoms with Crippen LogP contribution >= 0.6 is 15.9 Å². The molecule has 0 heterocycles. The highest BCUT2D eigenvalue weighted by atomic mass is 79.9. The van der Waals surface area contributed by atoms with Gasteiger partial charge in [0.25, 0.3) is 5.91 Å². The van der Waals surface area contributed by atoms with Crippen LogP contribution in [0.4, 0.5) is 0 Å². The normalized spacial score (nSPS) is 11.4. The van der Waals surface area contributed by atoms with Gasteiger partial charge in [0.05, 0.1) is 10.7 Å². The molecule has 0 unspecified atom stereocenters. The highest BCUT2D eigenvalue weighted by Gasteiger charge is 2.15. The maximum Gasteiger partial charge on any atom is 0.277 e. The Labute approximate surface area is 197 Å². The summed E-state index contributed by atoms with van der Waals surface area (Å²) in [6.07, 6.45) is 1.58. The Morgan fingerprint density at radius 2 is 1.72 bits per heavy atom. The Morgan fingerprint density at radius 1 is 1.00 bits per heavy atom. The van der Waals surface area contributed by atoms with Gasteiger partial charge in [0.15, 0.2) is 6.61 Å². The van der Waals surface area contributed by atoms with E-state index in [1.807, 2.05) is 72.8 Å². The van der Waals surface area contributed by atoms with Crippen LogP contribution in [0.25, 0.3) is 0 Å². The first-order chi connectivity index (χ1) is 15.3. The number of ether oxygens (including phenoxy) is 2. The number of nitrogens with zero attached hydrogens (tertiary/aromatic N) is 1. The Hall–Kier alpha value is -3.12. The largest absolute Gasteiger partial charge is 0.489 e. The molecule has 3 aromatic carbocycles. The number of hydrazone groups is 1. The predicted molar refractivity (Wildman–Crippen MR) is 131 cm³/mol. The molecule has 3 rings (SSSR count). The smallest absolute Gasteiger partial charge is 0.277 e. The first-order valence-electron chi connectivity index (χ1n) is 10.3. The zero-order valence-corrected chi connectivity index (χ0v) is 20.1. The van der Waals surface area contributed by atoms with E-state index in [4.69, 9.17) is 9.47 Å². The lowest BCUT2D eigenvalue weighted by Gasteiger charge is -2.20. The fourth-order valence-corrected chi connectivity index (χ4v) is 3.32. The number of nitrogens with one attached hydrogen (secondary N) is 1. The van der Waals surface area contributed by atoms with E-state index in [-0.39, 0.29) is 17.9 Å². The van der Waals surface area contributed by atoms with Gasteiger partial charge in [-0.15, -0.1) is 0 Å². The fourth-order valence-electron chi connectivity index (χ4n) is 2.83. The molecule has 1 amide bonds. The summed E-state index contributed by atoms with van der Waals surface area (Å²) in [7, 11) is 0. The molecule has 6 heteroatoms. The second-order valence-electron chi connectivity index (χ2n) is 8.32. The molecule has 3 aromatic rings. The molecule has 1 N–H and O–H groups in total. The standard InChI is InChI=1S/C26H27BrN2O3/c1-26(2,3)21-11-14-24(23(27)15-21)32-18-25(30)29-28-16-19-9-12-22(13-10-19)31-17-20-7-5-4-6-8-20/h4-16H,17-18H2,1-3H3,(H,29,30)/b28-16+. The molecule has 32 heavy (non-hydrogen) atoms. The van der Waals surface area contributed by atoms with Gasteiger partial charge in [0, 0.05) is 0 Å². The van der Waals surface area contributed by atoms with Crippen LogP contribution in [-0.4, -0.2) is 18.7 Å². The molecule has 0 aromatic heterocycles. The van der Waals surface area contributed by atoms with Crippen molar-refractivity contribution in [3.05, 3.63) is 94.0 Å². The predicted octanol–water partition coefficient (Wildman–Crippen LogP) is 5.85. The number of amides is 1. The van der Waals surface area contributed by atoms with Crippen LogP contribution in [0.2, 0.25) is 0 Å². The molecular weight excluding hydrogens is 468 g/mol. The summed E-state index contributed by atoms with van der Waals surface area (Å²) in [5, 5.41) is 3.99. The third-order valence-electron chi connectivity index (χ3n) is 4.69. The van der Waals surface area contributed by atoms with Crippen molar-refractivity contribution in [2.24, 2.45) is 5.10 Å². The van der Waals surface area contributed by atoms with E-state index in [9.17, 15) is 4.79 Å². The van der Waals surface area contributed by atoms with E-state index >= 15 is 0 Å². The van der Waals surface area contributed by atoms with E-state index in [1.165, 1.54) is 5.56 Å². The van der Waals surface area contributed by atoms with Crippen molar-refractivity contribution in [3.8, 4) is 11.5 Å². The van der Waals surface area contributed by atoms with E-state index in [0.29, 0.717) is 12.4 Å². The summed E-state index contributed by atoms with van der Waals surface area (Å²) in [5.74, 6) is 1.05. The molecule has 0 aliphatic heterocycles. The summed E-state index contributed by atoms with van der Waals surface area (Å²) in [6.45, 7) is 6.82. The molecule has 0 spiro atoms. The van der Waals surface area contributed by atoms with Crippen LogP contribution in [0.3, 0.4) is 0 Å². The summed E-state index contributed by atoms with van der Waals surface area (Å²) in [4.78, 5) is 12.0. The SMILES string of the molecule is CC(C)(C)c1ccc(OCC(=O)N/N=C/c2ccc(OCc3ccccc3)cc2)c(Br)c1. The molecule has 0 aliphatic carbocycles. The number of hydrogen-bond acceptors (Lipinski definition) is 4. The maximum absolute atomic E-state index is 12.0. The number of hydrogen-bond donors (Lipinski definition) is 1. The van der Waals surface area contributed by atoms with Gasteiger partial charge < -0.3 is 9.47 Å². The molecule has 0 aliphatic rings. The van der Waals surface area contributed by atoms with Gasteiger partial charge in [-0.2, -0.15) is 5.10 Å². The Bertz CT molecular complexity index is 1060. The van der Waals surface area contributed by atoms with Crippen molar-refractivity contribution < 1.29 is 14.3 Å². The first-order valence-corrected chi connectivity index (χ1v) is 11.1. The van der Waals surface area contributed by atoms with Crippen LogP contribution < -0.4 is 14.9 Å². The van der Waals surface area contributed by atoms with Crippen molar-refractivity contribution in [1.29, 1.82) is 0 Å². The van der Waals surface area contributed by atoms with E-state index in [0.717, 1.165) is 21.3 Å². The maximum atomic E-state index is 12.0. The second kappa shape index (κ2) is 11.0. The van der Waals surface area contributed by atoms with Gasteiger partial charge in [-0.1, -0.05) is 57.2 Å². The first kappa shape index (κ1) is 23.5. The van der Waals surface area contributed by atoms with E-state index in [1.54, 1.807) is 6.21 Å². The minimum Gasteiger partial charge on any atom is -0.489 e. The lowest BCUT2D eigenvalue weighted by Crippen LogP contribution is -2.24. The van der Waals surface area contributed by atoms with Crippen molar-refractivity contribution in [1.82, 2.24) is 5.43 Å². The van der Waals surface area contributed by atoms with Crippen LogP contribution in [0.5, 0.6) is 11.5 Å². The molecular formula is C26H27BrN2O3. The monoisotopic (exact) mass is 494 g/mol. The highest BCUT2D eigenvalue weighted by Crippen LogP contribution is 2.31. The van der Waals surface area contributed by atoms with Crippen LogP contribution in [0.15, 0.2) is 82.4 Å². The lowest BCUT2D eigenvalue weighted by molar-refractivity contribution is -0.123. The summed E-state index contributed by atoms with van der Waals surface area (Å²) < 4.78 is 12.2. The average molecular weight is 495 g/mol. The Morgan fingerprint density at radius 3 is 2.38 bits per heavy atom. The minimum absolute atomic E-state index is 0.0410. The summed E-state index contributed by atoms with van der Waals surface area (Å²) >= 11 is 3.51. The van der Waals surface area contributed by atoms with Crippen molar-refractivity contribution in [3.63, 3.8) is 0 Å².